The quantitative estimate of drug-likeness (QED) is 0.731. The first-order valence-electron chi connectivity index (χ1n) is 9.27. The zero-order valence-corrected chi connectivity index (χ0v) is 16.7. The van der Waals surface area contributed by atoms with E-state index in [1.165, 1.54) is 19.2 Å². The minimum absolute atomic E-state index is 0.0447. The van der Waals surface area contributed by atoms with Crippen molar-refractivity contribution in [3.8, 4) is 11.5 Å². The van der Waals surface area contributed by atoms with Crippen molar-refractivity contribution in [2.24, 2.45) is 0 Å². The number of benzene rings is 2. The highest BCUT2D eigenvalue weighted by Gasteiger charge is 2.33. The van der Waals surface area contributed by atoms with Gasteiger partial charge in [0.2, 0.25) is 5.91 Å². The van der Waals surface area contributed by atoms with E-state index in [1.807, 2.05) is 13.0 Å². The number of aromatic hydroxyl groups is 1. The van der Waals surface area contributed by atoms with Crippen molar-refractivity contribution in [2.75, 3.05) is 18.6 Å². The molecule has 2 aromatic carbocycles. The Bertz CT molecular complexity index is 862. The van der Waals surface area contributed by atoms with E-state index in [-0.39, 0.29) is 28.8 Å². The Hall–Kier alpha value is -2.31. The lowest BCUT2D eigenvalue weighted by Crippen LogP contribution is -2.42. The first kappa shape index (κ1) is 20.4. The number of aryl methyl sites for hydroxylation is 1. The Kier molecular flexibility index (Phi) is 6.42. The van der Waals surface area contributed by atoms with Crippen molar-refractivity contribution in [3.05, 3.63) is 52.8 Å². The minimum Gasteiger partial charge on any atom is -0.504 e. The monoisotopic (exact) mass is 406 g/mol. The molecule has 2 aromatic rings. The Balaban J connectivity index is 1.54. The summed E-state index contributed by atoms with van der Waals surface area (Å²) in [5.74, 6) is -0.0159. The second-order valence-corrected chi connectivity index (χ2v) is 7.45. The Morgan fingerprint density at radius 2 is 2.14 bits per heavy atom. The van der Waals surface area contributed by atoms with Gasteiger partial charge in [-0.15, -0.1) is 0 Å². The third kappa shape index (κ3) is 4.56. The summed E-state index contributed by atoms with van der Waals surface area (Å²) in [5.41, 5.74) is 1.53. The molecule has 1 aliphatic heterocycles. The highest BCUT2D eigenvalue weighted by Crippen LogP contribution is 2.28. The van der Waals surface area contributed by atoms with Crippen LogP contribution >= 0.6 is 11.6 Å². The SMILES string of the molecule is COc1ccc(CC[C@H](C)N[C@H]2CCN(c3ccc(Cl)c(F)c3)C2=O)cc1O. The van der Waals surface area contributed by atoms with Crippen molar-refractivity contribution in [1.82, 2.24) is 5.32 Å². The number of nitrogens with zero attached hydrogens (tertiary/aromatic N) is 1. The third-order valence-electron chi connectivity index (χ3n) is 5.02. The fourth-order valence-corrected chi connectivity index (χ4v) is 3.56. The lowest BCUT2D eigenvalue weighted by molar-refractivity contribution is -0.119. The molecule has 3 rings (SSSR count). The van der Waals surface area contributed by atoms with Gasteiger partial charge in [-0.3, -0.25) is 4.79 Å². The van der Waals surface area contributed by atoms with E-state index in [1.54, 1.807) is 23.1 Å². The van der Waals surface area contributed by atoms with Crippen LogP contribution < -0.4 is 15.0 Å². The van der Waals surface area contributed by atoms with Crippen molar-refractivity contribution in [1.29, 1.82) is 0 Å². The van der Waals surface area contributed by atoms with Gasteiger partial charge in [-0.1, -0.05) is 17.7 Å². The zero-order valence-electron chi connectivity index (χ0n) is 15.9. The average molecular weight is 407 g/mol. The van der Waals surface area contributed by atoms with Crippen LogP contribution in [0.3, 0.4) is 0 Å². The number of carbonyl (C=O) groups is 1. The molecule has 1 fully saturated rings. The smallest absolute Gasteiger partial charge is 0.244 e. The number of amides is 1. The van der Waals surface area contributed by atoms with Crippen LogP contribution in [0.1, 0.15) is 25.3 Å². The van der Waals surface area contributed by atoms with Crippen LogP contribution in [0.2, 0.25) is 5.02 Å². The number of rotatable bonds is 7. The van der Waals surface area contributed by atoms with E-state index in [2.05, 4.69) is 5.32 Å². The lowest BCUT2D eigenvalue weighted by Gasteiger charge is -2.20. The molecule has 1 heterocycles. The maximum absolute atomic E-state index is 13.7. The summed E-state index contributed by atoms with van der Waals surface area (Å²) < 4.78 is 18.7. The summed E-state index contributed by atoms with van der Waals surface area (Å²) in [6.07, 6.45) is 2.24. The molecule has 1 amide bonds. The molecule has 150 valence electrons. The standard InChI is InChI=1S/C21H24ClFN2O3/c1-13(3-4-14-5-8-20(28-2)19(26)11-14)24-18-9-10-25(21(18)27)15-6-7-16(22)17(23)12-15/h5-8,11-13,18,24,26H,3-4,9-10H2,1-2H3/t13-,18-/m0/s1. The van der Waals surface area contributed by atoms with Crippen LogP contribution in [0.25, 0.3) is 0 Å². The van der Waals surface area contributed by atoms with Gasteiger partial charge < -0.3 is 20.1 Å². The van der Waals surface area contributed by atoms with E-state index < -0.39 is 5.82 Å². The minimum atomic E-state index is -0.528. The fourth-order valence-electron chi connectivity index (χ4n) is 3.44. The number of halogens is 2. The van der Waals surface area contributed by atoms with Gasteiger partial charge in [0, 0.05) is 18.3 Å². The highest BCUT2D eigenvalue weighted by atomic mass is 35.5. The number of phenolic OH excluding ortho intramolecular Hbond substituents is 1. The highest BCUT2D eigenvalue weighted by molar-refractivity contribution is 6.30. The molecule has 0 saturated carbocycles. The number of anilines is 1. The van der Waals surface area contributed by atoms with Crippen LogP contribution in [0.5, 0.6) is 11.5 Å². The molecule has 0 spiro atoms. The first-order chi connectivity index (χ1) is 13.4. The van der Waals surface area contributed by atoms with Crippen LogP contribution in [0.15, 0.2) is 36.4 Å². The molecule has 28 heavy (non-hydrogen) atoms. The molecule has 1 aliphatic rings. The number of carbonyl (C=O) groups excluding carboxylic acids is 1. The largest absolute Gasteiger partial charge is 0.504 e. The van der Waals surface area contributed by atoms with E-state index in [0.717, 1.165) is 18.4 Å². The van der Waals surface area contributed by atoms with E-state index >= 15 is 0 Å². The molecule has 0 aromatic heterocycles. The Labute approximate surface area is 169 Å². The van der Waals surface area contributed by atoms with Gasteiger partial charge in [-0.05, 0) is 62.1 Å². The fraction of sp³-hybridized carbons (Fsp3) is 0.381. The number of ether oxygens (including phenoxy) is 1. The van der Waals surface area contributed by atoms with Crippen molar-refractivity contribution >= 4 is 23.2 Å². The number of phenols is 1. The first-order valence-corrected chi connectivity index (χ1v) is 9.65. The van der Waals surface area contributed by atoms with Gasteiger partial charge in [0.25, 0.3) is 0 Å². The summed E-state index contributed by atoms with van der Waals surface area (Å²) in [7, 11) is 1.51. The topological polar surface area (TPSA) is 61.8 Å². The van der Waals surface area contributed by atoms with Gasteiger partial charge in [0.1, 0.15) is 5.82 Å². The van der Waals surface area contributed by atoms with Crippen LogP contribution in [0, 0.1) is 5.82 Å². The number of hydrogen-bond acceptors (Lipinski definition) is 4. The summed E-state index contributed by atoms with van der Waals surface area (Å²) in [4.78, 5) is 14.3. The molecule has 0 unspecified atom stereocenters. The summed E-state index contributed by atoms with van der Waals surface area (Å²) in [6, 6.07) is 9.59. The van der Waals surface area contributed by atoms with Crippen molar-refractivity contribution in [3.63, 3.8) is 0 Å². The molecule has 7 heteroatoms. The summed E-state index contributed by atoms with van der Waals surface area (Å²) >= 11 is 5.72. The molecule has 2 N–H and O–H groups in total. The average Bonchev–Trinajstić information content (AvgIpc) is 3.03. The molecular formula is C21H24ClFN2O3. The predicted octanol–water partition coefficient (Wildman–Crippen LogP) is 3.91. The van der Waals surface area contributed by atoms with Crippen molar-refractivity contribution < 1.29 is 19.0 Å². The van der Waals surface area contributed by atoms with E-state index in [0.29, 0.717) is 24.4 Å². The summed E-state index contributed by atoms with van der Waals surface area (Å²) in [5, 5.41) is 13.3. The molecule has 5 nitrogen and oxygen atoms in total. The zero-order chi connectivity index (χ0) is 20.3. The number of hydrogen-bond donors (Lipinski definition) is 2. The molecule has 0 radical (unpaired) electrons. The predicted molar refractivity (Wildman–Crippen MR) is 108 cm³/mol. The van der Waals surface area contributed by atoms with Crippen molar-refractivity contribution in [2.45, 2.75) is 38.3 Å². The second kappa shape index (κ2) is 8.80. The van der Waals surface area contributed by atoms with Crippen LogP contribution in [0.4, 0.5) is 10.1 Å². The van der Waals surface area contributed by atoms with Gasteiger partial charge in [0.05, 0.1) is 18.2 Å². The number of methoxy groups -OCH3 is 1. The van der Waals surface area contributed by atoms with Gasteiger partial charge in [-0.2, -0.15) is 0 Å². The molecule has 2 atom stereocenters. The Morgan fingerprint density at radius 1 is 1.36 bits per heavy atom. The second-order valence-electron chi connectivity index (χ2n) is 7.04. The number of nitrogens with one attached hydrogen (secondary N) is 1. The van der Waals surface area contributed by atoms with E-state index in [4.69, 9.17) is 16.3 Å². The normalized spacial score (nSPS) is 17.8. The maximum Gasteiger partial charge on any atom is 0.244 e. The van der Waals surface area contributed by atoms with Gasteiger partial charge >= 0.3 is 0 Å². The van der Waals surface area contributed by atoms with Gasteiger partial charge in [-0.25, -0.2) is 4.39 Å². The molecular weight excluding hydrogens is 383 g/mol. The molecule has 0 bridgehead atoms. The maximum atomic E-state index is 13.7. The molecule has 1 saturated heterocycles. The molecule has 0 aliphatic carbocycles. The van der Waals surface area contributed by atoms with Gasteiger partial charge in [0.15, 0.2) is 11.5 Å². The van der Waals surface area contributed by atoms with E-state index in [9.17, 15) is 14.3 Å². The summed E-state index contributed by atoms with van der Waals surface area (Å²) in [6.45, 7) is 2.57. The lowest BCUT2D eigenvalue weighted by atomic mass is 10.0. The van der Waals surface area contributed by atoms with Crippen LogP contribution in [-0.4, -0.2) is 36.8 Å². The third-order valence-corrected chi connectivity index (χ3v) is 5.32. The Morgan fingerprint density at radius 3 is 2.82 bits per heavy atom. The van der Waals surface area contributed by atoms with Crippen LogP contribution in [-0.2, 0) is 11.2 Å².